The second-order valence-corrected chi connectivity index (χ2v) is 10.2. The summed E-state index contributed by atoms with van der Waals surface area (Å²) in [5.41, 5.74) is -0.742. The minimum Gasteiger partial charge on any atom is -0.349 e. The van der Waals surface area contributed by atoms with Crippen LogP contribution in [0.4, 0.5) is 32.2 Å². The summed E-state index contributed by atoms with van der Waals surface area (Å²) in [6.45, 7) is 2.02. The molecule has 2 bridgehead atoms. The van der Waals surface area contributed by atoms with Gasteiger partial charge >= 0.3 is 12.4 Å². The van der Waals surface area contributed by atoms with E-state index in [0.29, 0.717) is 44.0 Å². The predicted molar refractivity (Wildman–Crippen MR) is 128 cm³/mol. The van der Waals surface area contributed by atoms with Crippen LogP contribution in [0.1, 0.15) is 36.1 Å². The third-order valence-electron chi connectivity index (χ3n) is 7.42. The summed E-state index contributed by atoms with van der Waals surface area (Å²) in [5, 5.41) is 6.76. The van der Waals surface area contributed by atoms with Crippen LogP contribution in [0.25, 0.3) is 5.57 Å². The number of carbonyl (C=O) groups is 1. The van der Waals surface area contributed by atoms with Crippen LogP contribution < -0.4 is 4.90 Å². The zero-order valence-electron chi connectivity index (χ0n) is 20.1. The molecule has 6 nitrogen and oxygen atoms in total. The summed E-state index contributed by atoms with van der Waals surface area (Å²) in [4.78, 5) is 18.8. The van der Waals surface area contributed by atoms with E-state index in [1.54, 1.807) is 17.0 Å². The fourth-order valence-electron chi connectivity index (χ4n) is 5.39. The van der Waals surface area contributed by atoms with Crippen LogP contribution in [0.5, 0.6) is 0 Å². The van der Waals surface area contributed by atoms with E-state index < -0.39 is 23.6 Å². The Morgan fingerprint density at radius 3 is 2.32 bits per heavy atom. The van der Waals surface area contributed by atoms with E-state index in [-0.39, 0.29) is 29.6 Å². The number of fused-ring (bicyclic) bond motifs is 3. The summed E-state index contributed by atoms with van der Waals surface area (Å²) >= 11 is 5.72. The molecule has 2 unspecified atom stereocenters. The molecule has 2 aromatic rings. The molecule has 1 amide bonds. The molecule has 6 rings (SSSR count). The average Bonchev–Trinajstić information content (AvgIpc) is 2.88. The van der Waals surface area contributed by atoms with Gasteiger partial charge in [0.2, 0.25) is 5.91 Å². The van der Waals surface area contributed by atoms with Gasteiger partial charge in [-0.3, -0.25) is 9.69 Å². The summed E-state index contributed by atoms with van der Waals surface area (Å²) in [5.74, 6) is 0.323. The van der Waals surface area contributed by atoms with E-state index in [1.165, 1.54) is 12.1 Å². The fraction of sp³-hybridized carbons (Fsp3) is 0.480. The minimum atomic E-state index is -4.55. The largest absolute Gasteiger partial charge is 0.435 e. The number of piperidine rings is 2. The number of halogens is 7. The van der Waals surface area contributed by atoms with Crippen molar-refractivity contribution in [3.8, 4) is 0 Å². The third kappa shape index (κ3) is 5.47. The van der Waals surface area contributed by atoms with E-state index in [9.17, 15) is 31.1 Å². The lowest BCUT2D eigenvalue weighted by atomic mass is 9.90. The number of alkyl halides is 6. The van der Waals surface area contributed by atoms with Crippen molar-refractivity contribution in [2.75, 3.05) is 37.6 Å². The Balaban J connectivity index is 1.19. The molecule has 4 aliphatic rings. The van der Waals surface area contributed by atoms with Gasteiger partial charge in [0, 0.05) is 38.3 Å². The van der Waals surface area contributed by atoms with Crippen LogP contribution in [-0.2, 0) is 17.1 Å². The molecule has 5 heterocycles. The van der Waals surface area contributed by atoms with E-state index in [1.807, 2.05) is 4.90 Å². The SMILES string of the molecule is O=C(CN1CC2CCC1CN2c1ccc(C(F)(F)F)nn1)N1CC=C(c2ccc(Cl)c(C(F)(F)F)c2)CC1. The van der Waals surface area contributed by atoms with Gasteiger partial charge in [-0.05, 0) is 54.7 Å². The van der Waals surface area contributed by atoms with Crippen molar-refractivity contribution >= 4 is 28.9 Å². The Morgan fingerprint density at radius 2 is 1.74 bits per heavy atom. The van der Waals surface area contributed by atoms with Crippen LogP contribution in [0.15, 0.2) is 36.4 Å². The number of nitrogens with zero attached hydrogens (tertiary/aromatic N) is 5. The predicted octanol–water partition coefficient (Wildman–Crippen LogP) is 5.14. The Labute approximate surface area is 219 Å². The summed E-state index contributed by atoms with van der Waals surface area (Å²) in [6, 6.07) is 6.17. The van der Waals surface area contributed by atoms with Gasteiger partial charge in [-0.25, -0.2) is 0 Å². The molecule has 38 heavy (non-hydrogen) atoms. The standard InChI is InChI=1S/C25H24ClF6N5O/c26-20-4-1-16(11-19(20)24(27,28)29)15-7-9-35(10-8-15)23(38)14-36-12-18-3-2-17(36)13-37(18)22-6-5-21(33-34-22)25(30,31)32/h1,4-7,11,17-18H,2-3,8-10,12-14H2. The van der Waals surface area contributed by atoms with Gasteiger partial charge < -0.3 is 9.80 Å². The van der Waals surface area contributed by atoms with Gasteiger partial charge in [0.05, 0.1) is 17.1 Å². The molecular formula is C25H24ClF6N5O. The van der Waals surface area contributed by atoms with Crippen molar-refractivity contribution in [3.05, 3.63) is 58.3 Å². The Kier molecular flexibility index (Phi) is 7.06. The first kappa shape index (κ1) is 26.7. The van der Waals surface area contributed by atoms with E-state index in [2.05, 4.69) is 15.1 Å². The number of benzene rings is 1. The highest BCUT2D eigenvalue weighted by Crippen LogP contribution is 2.37. The topological polar surface area (TPSA) is 52.6 Å². The second kappa shape index (κ2) is 10.0. The van der Waals surface area contributed by atoms with E-state index >= 15 is 0 Å². The van der Waals surface area contributed by atoms with Gasteiger partial charge in [0.15, 0.2) is 11.5 Å². The Morgan fingerprint density at radius 1 is 0.974 bits per heavy atom. The Hall–Kier alpha value is -2.86. The van der Waals surface area contributed by atoms with Crippen molar-refractivity contribution in [1.82, 2.24) is 20.0 Å². The van der Waals surface area contributed by atoms with Gasteiger partial charge in [-0.15, -0.1) is 10.2 Å². The molecule has 1 aromatic carbocycles. The van der Waals surface area contributed by atoms with Crippen molar-refractivity contribution in [3.63, 3.8) is 0 Å². The molecule has 204 valence electrons. The number of hydrogen-bond donors (Lipinski definition) is 0. The summed E-state index contributed by atoms with van der Waals surface area (Å²) in [7, 11) is 0. The number of carbonyl (C=O) groups excluding carboxylic acids is 1. The van der Waals surface area contributed by atoms with Gasteiger partial charge in [0.25, 0.3) is 0 Å². The quantitative estimate of drug-likeness (QED) is 0.486. The first-order chi connectivity index (χ1) is 17.9. The molecule has 0 spiro atoms. The zero-order chi connectivity index (χ0) is 27.2. The molecule has 2 atom stereocenters. The normalized spacial score (nSPS) is 22.6. The first-order valence-corrected chi connectivity index (χ1v) is 12.5. The highest BCUT2D eigenvalue weighted by atomic mass is 35.5. The number of amides is 1. The molecule has 4 aliphatic heterocycles. The van der Waals surface area contributed by atoms with E-state index in [0.717, 1.165) is 30.5 Å². The monoisotopic (exact) mass is 559 g/mol. The lowest BCUT2D eigenvalue weighted by molar-refractivity contribution is -0.141. The second-order valence-electron chi connectivity index (χ2n) is 9.75. The highest BCUT2D eigenvalue weighted by molar-refractivity contribution is 6.31. The van der Waals surface area contributed by atoms with Gasteiger partial charge in [-0.2, -0.15) is 26.3 Å². The van der Waals surface area contributed by atoms with Crippen LogP contribution in [0.2, 0.25) is 5.02 Å². The summed E-state index contributed by atoms with van der Waals surface area (Å²) < 4.78 is 78.1. The summed E-state index contributed by atoms with van der Waals surface area (Å²) in [6.07, 6.45) is -5.18. The lowest BCUT2D eigenvalue weighted by Gasteiger charge is -2.51. The molecule has 0 saturated carbocycles. The molecule has 3 fully saturated rings. The number of anilines is 1. The first-order valence-electron chi connectivity index (χ1n) is 12.2. The van der Waals surface area contributed by atoms with E-state index in [4.69, 9.17) is 11.6 Å². The number of hydrogen-bond acceptors (Lipinski definition) is 5. The molecule has 1 aromatic heterocycles. The maximum absolute atomic E-state index is 13.2. The maximum Gasteiger partial charge on any atom is 0.435 e. The number of piperazine rings is 1. The van der Waals surface area contributed by atoms with Crippen LogP contribution in [0, 0.1) is 0 Å². The number of aromatic nitrogens is 2. The molecule has 0 N–H and O–H groups in total. The van der Waals surface area contributed by atoms with Gasteiger partial charge in [0.1, 0.15) is 0 Å². The van der Waals surface area contributed by atoms with Crippen LogP contribution in [-0.4, -0.2) is 70.7 Å². The van der Waals surface area contributed by atoms with Crippen LogP contribution in [0.3, 0.4) is 0 Å². The zero-order valence-corrected chi connectivity index (χ0v) is 20.8. The maximum atomic E-state index is 13.2. The smallest absolute Gasteiger partial charge is 0.349 e. The van der Waals surface area contributed by atoms with Crippen LogP contribution >= 0.6 is 11.6 Å². The van der Waals surface area contributed by atoms with Crippen molar-refractivity contribution < 1.29 is 31.1 Å². The molecular weight excluding hydrogens is 536 g/mol. The molecule has 0 radical (unpaired) electrons. The molecule has 3 saturated heterocycles. The van der Waals surface area contributed by atoms with Gasteiger partial charge in [-0.1, -0.05) is 23.7 Å². The molecule has 0 aliphatic carbocycles. The molecule has 13 heteroatoms. The average molecular weight is 560 g/mol. The van der Waals surface area contributed by atoms with Crippen molar-refractivity contribution in [2.24, 2.45) is 0 Å². The van der Waals surface area contributed by atoms with Crippen molar-refractivity contribution in [1.29, 1.82) is 0 Å². The number of rotatable bonds is 4. The third-order valence-corrected chi connectivity index (χ3v) is 7.75. The minimum absolute atomic E-state index is 0.0134. The van der Waals surface area contributed by atoms with Crippen molar-refractivity contribution in [2.45, 2.75) is 43.7 Å². The lowest BCUT2D eigenvalue weighted by Crippen LogP contribution is -2.64. The fourth-order valence-corrected chi connectivity index (χ4v) is 5.62. The Bertz CT molecular complexity index is 1230. The highest BCUT2D eigenvalue weighted by Gasteiger charge is 2.41.